The Morgan fingerprint density at radius 1 is 1.70 bits per heavy atom. The molecule has 0 aromatic rings. The Morgan fingerprint density at radius 2 is 2.30 bits per heavy atom. The monoisotopic (exact) mass is 147 g/mol. The lowest BCUT2D eigenvalue weighted by Gasteiger charge is -2.07. The predicted octanol–water partition coefficient (Wildman–Crippen LogP) is 0.269. The highest BCUT2D eigenvalue weighted by molar-refractivity contribution is 5.77. The maximum absolute atomic E-state index is 11.5. The fourth-order valence-electron chi connectivity index (χ4n) is 0.504. The molecule has 0 radical (unpaired) electrons. The van der Waals surface area contributed by atoms with E-state index in [9.17, 15) is 4.39 Å². The Labute approximate surface area is 60.5 Å². The van der Waals surface area contributed by atoms with Crippen molar-refractivity contribution in [1.29, 1.82) is 0 Å². The van der Waals surface area contributed by atoms with E-state index in [2.05, 4.69) is 10.3 Å². The van der Waals surface area contributed by atoms with E-state index in [-0.39, 0.29) is 12.6 Å². The Hall–Kier alpha value is -0.800. The van der Waals surface area contributed by atoms with Gasteiger partial charge in [0.1, 0.15) is 6.67 Å². The molecule has 0 saturated carbocycles. The summed E-state index contributed by atoms with van der Waals surface area (Å²) in [4.78, 5) is 3.69. The van der Waals surface area contributed by atoms with Crippen molar-refractivity contribution < 1.29 is 4.39 Å². The van der Waals surface area contributed by atoms with Crippen molar-refractivity contribution in [3.63, 3.8) is 0 Å². The highest BCUT2D eigenvalue weighted by Crippen LogP contribution is 1.76. The molecule has 0 atom stereocenters. The molecule has 10 heavy (non-hydrogen) atoms. The Bertz CT molecular complexity index is 112. The molecule has 0 heterocycles. The molecule has 0 fully saturated rings. The number of hydrogen-bond donors (Lipinski definition) is 2. The molecular weight excluding hydrogens is 133 g/mol. The molecule has 0 aliphatic heterocycles. The maximum atomic E-state index is 11.5. The second-order valence-corrected chi connectivity index (χ2v) is 2.25. The number of halogens is 1. The zero-order chi connectivity index (χ0) is 7.98. The van der Waals surface area contributed by atoms with Gasteiger partial charge >= 0.3 is 0 Å². The van der Waals surface area contributed by atoms with Gasteiger partial charge in [0.15, 0.2) is 5.96 Å². The molecule has 0 aromatic heterocycles. The van der Waals surface area contributed by atoms with Crippen molar-refractivity contribution in [3.8, 4) is 0 Å². The van der Waals surface area contributed by atoms with Gasteiger partial charge in [-0.3, -0.25) is 4.99 Å². The first-order valence-electron chi connectivity index (χ1n) is 3.29. The van der Waals surface area contributed by atoms with E-state index in [1.807, 2.05) is 13.8 Å². The maximum Gasteiger partial charge on any atom is 0.188 e. The third-order valence-electron chi connectivity index (χ3n) is 0.803. The van der Waals surface area contributed by atoms with Gasteiger partial charge in [0, 0.05) is 6.04 Å². The van der Waals surface area contributed by atoms with Crippen molar-refractivity contribution in [3.05, 3.63) is 0 Å². The first-order chi connectivity index (χ1) is 4.66. The molecule has 0 spiro atoms. The summed E-state index contributed by atoms with van der Waals surface area (Å²) in [6.07, 6.45) is 0. The van der Waals surface area contributed by atoms with Crippen LogP contribution in [0.15, 0.2) is 4.99 Å². The first kappa shape index (κ1) is 9.20. The Kier molecular flexibility index (Phi) is 4.62. The van der Waals surface area contributed by atoms with E-state index < -0.39 is 6.67 Å². The summed E-state index contributed by atoms with van der Waals surface area (Å²) in [5, 5.41) is 2.84. The normalized spacial score (nSPS) is 12.2. The fourth-order valence-corrected chi connectivity index (χ4v) is 0.504. The van der Waals surface area contributed by atoms with E-state index in [0.717, 1.165) is 0 Å². The highest BCUT2D eigenvalue weighted by atomic mass is 19.1. The number of rotatable bonds is 3. The lowest BCUT2D eigenvalue weighted by atomic mass is 10.4. The molecule has 0 aliphatic rings. The molecule has 4 heteroatoms. The van der Waals surface area contributed by atoms with Crippen LogP contribution in [0, 0.1) is 0 Å². The number of guanidine groups is 1. The molecule has 3 N–H and O–H groups in total. The second-order valence-electron chi connectivity index (χ2n) is 2.25. The summed E-state index contributed by atoms with van der Waals surface area (Å²) in [6.45, 7) is 3.57. The summed E-state index contributed by atoms with van der Waals surface area (Å²) in [7, 11) is 0. The molecule has 0 amide bonds. The Morgan fingerprint density at radius 3 is 2.70 bits per heavy atom. The Balaban J connectivity index is 3.49. The van der Waals surface area contributed by atoms with Gasteiger partial charge in [0.05, 0.1) is 6.54 Å². The van der Waals surface area contributed by atoms with Crippen LogP contribution in [0.2, 0.25) is 0 Å². The smallest absolute Gasteiger partial charge is 0.188 e. The predicted molar refractivity (Wildman–Crippen MR) is 40.7 cm³/mol. The van der Waals surface area contributed by atoms with Crippen LogP contribution in [0.5, 0.6) is 0 Å². The van der Waals surface area contributed by atoms with Crippen molar-refractivity contribution in [1.82, 2.24) is 5.32 Å². The van der Waals surface area contributed by atoms with E-state index >= 15 is 0 Å². The molecule has 0 bridgehead atoms. The summed E-state index contributed by atoms with van der Waals surface area (Å²) in [6, 6.07) is 0.253. The van der Waals surface area contributed by atoms with E-state index in [4.69, 9.17) is 5.73 Å². The van der Waals surface area contributed by atoms with Crippen LogP contribution in [-0.4, -0.2) is 25.2 Å². The van der Waals surface area contributed by atoms with Crippen LogP contribution >= 0.6 is 0 Å². The second kappa shape index (κ2) is 5.02. The van der Waals surface area contributed by atoms with Crippen molar-refractivity contribution in [2.24, 2.45) is 10.7 Å². The van der Waals surface area contributed by atoms with Gasteiger partial charge in [-0.05, 0) is 13.8 Å². The minimum absolute atomic E-state index is 0.144. The molecule has 3 nitrogen and oxygen atoms in total. The lowest BCUT2D eigenvalue weighted by molar-refractivity contribution is 0.504. The van der Waals surface area contributed by atoms with Crippen LogP contribution in [0.1, 0.15) is 13.8 Å². The SMILES string of the molecule is CC(C)NC(N)=NCCF. The van der Waals surface area contributed by atoms with Gasteiger partial charge in [-0.2, -0.15) is 0 Å². The zero-order valence-electron chi connectivity index (χ0n) is 6.39. The molecule has 0 saturated heterocycles. The first-order valence-corrected chi connectivity index (χ1v) is 3.29. The quantitative estimate of drug-likeness (QED) is 0.444. The van der Waals surface area contributed by atoms with Gasteiger partial charge in [-0.25, -0.2) is 4.39 Å². The van der Waals surface area contributed by atoms with Crippen LogP contribution in [0.25, 0.3) is 0 Å². The number of nitrogens with two attached hydrogens (primary N) is 1. The van der Waals surface area contributed by atoms with Gasteiger partial charge in [0.2, 0.25) is 0 Å². The standard InChI is InChI=1S/C6H14FN3/c1-5(2)10-6(8)9-4-3-7/h5H,3-4H2,1-2H3,(H3,8,9,10). The molecule has 0 unspecified atom stereocenters. The molecule has 0 aliphatic carbocycles. The summed E-state index contributed by atoms with van der Waals surface area (Å²) >= 11 is 0. The third kappa shape index (κ3) is 5.34. The minimum atomic E-state index is -0.458. The van der Waals surface area contributed by atoms with Gasteiger partial charge in [-0.1, -0.05) is 0 Å². The van der Waals surface area contributed by atoms with E-state index in [1.165, 1.54) is 0 Å². The number of hydrogen-bond acceptors (Lipinski definition) is 1. The van der Waals surface area contributed by atoms with E-state index in [1.54, 1.807) is 0 Å². The fraction of sp³-hybridized carbons (Fsp3) is 0.833. The van der Waals surface area contributed by atoms with Crippen molar-refractivity contribution in [2.45, 2.75) is 19.9 Å². The number of aliphatic imine (C=N–C) groups is 1. The van der Waals surface area contributed by atoms with Gasteiger partial charge in [-0.15, -0.1) is 0 Å². The molecule has 0 rings (SSSR count). The topological polar surface area (TPSA) is 50.4 Å². The lowest BCUT2D eigenvalue weighted by Crippen LogP contribution is -2.36. The number of nitrogens with one attached hydrogen (secondary N) is 1. The van der Waals surface area contributed by atoms with E-state index in [0.29, 0.717) is 5.96 Å². The molecule has 0 aromatic carbocycles. The highest BCUT2D eigenvalue weighted by Gasteiger charge is 1.92. The minimum Gasteiger partial charge on any atom is -0.370 e. The van der Waals surface area contributed by atoms with Gasteiger partial charge < -0.3 is 11.1 Å². The van der Waals surface area contributed by atoms with Crippen LogP contribution in [0.3, 0.4) is 0 Å². The largest absolute Gasteiger partial charge is 0.370 e. The van der Waals surface area contributed by atoms with Crippen LogP contribution < -0.4 is 11.1 Å². The average molecular weight is 147 g/mol. The summed E-state index contributed by atoms with van der Waals surface area (Å²) in [5.41, 5.74) is 5.33. The van der Waals surface area contributed by atoms with Gasteiger partial charge in [0.25, 0.3) is 0 Å². The van der Waals surface area contributed by atoms with Crippen molar-refractivity contribution in [2.75, 3.05) is 13.2 Å². The average Bonchev–Trinajstić information content (AvgIpc) is 1.82. The van der Waals surface area contributed by atoms with Crippen LogP contribution in [-0.2, 0) is 0 Å². The third-order valence-corrected chi connectivity index (χ3v) is 0.803. The number of alkyl halides is 1. The number of nitrogens with zero attached hydrogens (tertiary/aromatic N) is 1. The summed E-state index contributed by atoms with van der Waals surface area (Å²) < 4.78 is 11.5. The summed E-state index contributed by atoms with van der Waals surface area (Å²) in [5.74, 6) is 0.313. The molecular formula is C6H14FN3. The van der Waals surface area contributed by atoms with Crippen molar-refractivity contribution >= 4 is 5.96 Å². The van der Waals surface area contributed by atoms with Crippen LogP contribution in [0.4, 0.5) is 4.39 Å². The zero-order valence-corrected chi connectivity index (χ0v) is 6.39. The molecule has 60 valence electrons.